The highest BCUT2D eigenvalue weighted by Crippen LogP contribution is 2.57. The lowest BCUT2D eigenvalue weighted by Gasteiger charge is -2.35. The van der Waals surface area contributed by atoms with Crippen molar-refractivity contribution in [3.8, 4) is 28.6 Å². The number of nitrogens with one attached hydrogen (secondary N) is 2. The first-order chi connectivity index (χ1) is 30.8. The van der Waals surface area contributed by atoms with Crippen molar-refractivity contribution in [1.82, 2.24) is 19.6 Å². The minimum absolute atomic E-state index is 0.0145. The Morgan fingerprint density at radius 1 is 1.03 bits per heavy atom. The second kappa shape index (κ2) is 19.3. The molecular weight excluding hydrogens is 894 g/mol. The lowest BCUT2D eigenvalue weighted by Crippen LogP contribution is -2.48. The Bertz CT molecular complexity index is 2570. The summed E-state index contributed by atoms with van der Waals surface area (Å²) in [4.78, 5) is 68.3. The predicted molar refractivity (Wildman–Crippen MR) is 248 cm³/mol. The van der Waals surface area contributed by atoms with Gasteiger partial charge in [-0.15, -0.1) is 17.9 Å². The van der Waals surface area contributed by atoms with Crippen LogP contribution in [0, 0.1) is 22.7 Å². The molecule has 348 valence electrons. The molecule has 0 spiro atoms. The summed E-state index contributed by atoms with van der Waals surface area (Å²) in [6.07, 6.45) is 3.60. The number of likely N-dealkylation sites (tertiary alicyclic amines) is 1. The molecule has 2 aliphatic carbocycles. The quantitative estimate of drug-likeness (QED) is 0.0716. The largest absolute Gasteiger partial charge is 0.497 e. The Labute approximate surface area is 388 Å². The van der Waals surface area contributed by atoms with E-state index in [0.717, 1.165) is 30.8 Å². The van der Waals surface area contributed by atoms with Crippen LogP contribution in [0.5, 0.6) is 17.2 Å². The fourth-order valence-electron chi connectivity index (χ4n) is 8.70. The number of Topliss-reactive ketones (excluding diaryl/α,β-unsaturated/α-hetero) is 1. The van der Waals surface area contributed by atoms with E-state index in [1.165, 1.54) is 40.5 Å². The van der Waals surface area contributed by atoms with Gasteiger partial charge in [-0.2, -0.15) is 8.42 Å². The zero-order chi connectivity index (χ0) is 46.8. The smallest absolute Gasteiger partial charge is 0.409 e. The summed E-state index contributed by atoms with van der Waals surface area (Å²) in [6.45, 7) is 13.4. The number of allylic oxidation sites excluding steroid dienone is 1. The highest BCUT2D eigenvalue weighted by atomic mass is 35.5. The standard InChI is InChI=1S/C47H56ClN5O10S2/c1-8-28-23-47(28,44(57)52-65(58,59)63-40-16-12-11-15-34(40)48)24-39(54)38-20-31(25-53(38)43(56)33(46(4,5)6)21-42(55)62-29-13-9-10-14-29)61-41-22-36(37-26-64-45(51-37)49-27(2)3)50-35-19-30(60-7)17-18-32(35)41/h8,11-12,15-19,22,26-29,31,33,38H,1,9-10,13-14,20-21,23-25H2,2-7H3,(H,49,51)(H,52,57)/t28-,31-,33-,38+,47-/m1/s1. The molecule has 5 atom stereocenters. The molecule has 2 amide bonds. The summed E-state index contributed by atoms with van der Waals surface area (Å²) >= 11 is 7.57. The van der Waals surface area contributed by atoms with Gasteiger partial charge in [0.15, 0.2) is 16.7 Å². The summed E-state index contributed by atoms with van der Waals surface area (Å²) in [7, 11) is -3.17. The van der Waals surface area contributed by atoms with E-state index in [2.05, 4.69) is 11.9 Å². The third-order valence-corrected chi connectivity index (χ3v) is 14.2. The summed E-state index contributed by atoms with van der Waals surface area (Å²) in [5, 5.41) is 6.61. The number of amides is 2. The van der Waals surface area contributed by atoms with Crippen LogP contribution in [0.3, 0.4) is 0 Å². The number of benzene rings is 2. The van der Waals surface area contributed by atoms with E-state index in [1.54, 1.807) is 31.4 Å². The molecule has 15 nitrogen and oxygen atoms in total. The number of nitrogens with zero attached hydrogens (tertiary/aromatic N) is 3. The number of halogens is 1. The molecule has 3 aliphatic rings. The number of pyridine rings is 1. The van der Waals surface area contributed by atoms with Gasteiger partial charge >= 0.3 is 16.3 Å². The van der Waals surface area contributed by atoms with Crippen LogP contribution >= 0.6 is 22.9 Å². The molecule has 1 aliphatic heterocycles. The molecule has 1 saturated heterocycles. The number of esters is 1. The van der Waals surface area contributed by atoms with Crippen molar-refractivity contribution in [2.75, 3.05) is 19.0 Å². The lowest BCUT2D eigenvalue weighted by molar-refractivity contribution is -0.156. The van der Waals surface area contributed by atoms with Gasteiger partial charge in [-0.25, -0.2) is 14.7 Å². The molecule has 3 heterocycles. The van der Waals surface area contributed by atoms with E-state index in [-0.39, 0.29) is 48.7 Å². The number of para-hydroxylation sites is 1. The molecular formula is C47H56ClN5O10S2. The second-order valence-corrected chi connectivity index (χ2v) is 21.0. The summed E-state index contributed by atoms with van der Waals surface area (Å²) in [6, 6.07) is 12.1. The Morgan fingerprint density at radius 2 is 1.77 bits per heavy atom. The molecule has 2 aromatic heterocycles. The maximum absolute atomic E-state index is 15.0. The van der Waals surface area contributed by atoms with Gasteiger partial charge in [0.2, 0.25) is 11.8 Å². The number of carbonyl (C=O) groups is 4. The average Bonchev–Trinajstić information content (AvgIpc) is 3.65. The minimum atomic E-state index is -4.73. The maximum atomic E-state index is 15.0. The van der Waals surface area contributed by atoms with Crippen molar-refractivity contribution in [2.45, 2.75) is 110 Å². The highest BCUT2D eigenvalue weighted by Gasteiger charge is 2.61. The third kappa shape index (κ3) is 11.1. The number of ketones is 1. The molecule has 3 fully saturated rings. The van der Waals surface area contributed by atoms with Crippen LogP contribution in [0.2, 0.25) is 5.02 Å². The molecule has 2 saturated carbocycles. The van der Waals surface area contributed by atoms with Crippen molar-refractivity contribution >= 4 is 72.8 Å². The number of aromatic nitrogens is 2. The number of methoxy groups -OCH3 is 1. The van der Waals surface area contributed by atoms with Crippen LogP contribution in [0.15, 0.2) is 66.6 Å². The number of thiazole rings is 1. The zero-order valence-electron chi connectivity index (χ0n) is 37.4. The van der Waals surface area contributed by atoms with E-state index in [0.29, 0.717) is 33.8 Å². The van der Waals surface area contributed by atoms with Gasteiger partial charge < -0.3 is 28.6 Å². The van der Waals surface area contributed by atoms with Gasteiger partial charge in [0.05, 0.1) is 53.7 Å². The van der Waals surface area contributed by atoms with E-state index in [9.17, 15) is 27.6 Å². The molecule has 2 aromatic carbocycles. The third-order valence-electron chi connectivity index (χ3n) is 12.3. The second-order valence-electron chi connectivity index (χ2n) is 18.5. The molecule has 65 heavy (non-hydrogen) atoms. The van der Waals surface area contributed by atoms with Crippen molar-refractivity contribution in [3.63, 3.8) is 0 Å². The summed E-state index contributed by atoms with van der Waals surface area (Å²) < 4.78 is 51.5. The topological polar surface area (TPSA) is 192 Å². The lowest BCUT2D eigenvalue weighted by atomic mass is 9.77. The Kier molecular flexibility index (Phi) is 14.2. The monoisotopic (exact) mass is 949 g/mol. The van der Waals surface area contributed by atoms with Crippen LogP contribution in [-0.4, -0.2) is 84.8 Å². The Balaban J connectivity index is 1.20. The predicted octanol–water partition coefficient (Wildman–Crippen LogP) is 8.32. The number of rotatable bonds is 18. The Hall–Kier alpha value is -5.26. The van der Waals surface area contributed by atoms with Crippen molar-refractivity contribution in [3.05, 3.63) is 71.6 Å². The van der Waals surface area contributed by atoms with Gasteiger partial charge in [0, 0.05) is 41.8 Å². The van der Waals surface area contributed by atoms with Crippen LogP contribution in [0.1, 0.15) is 86.0 Å². The normalized spacial score (nSPS) is 21.5. The number of fused-ring (bicyclic) bond motifs is 1. The maximum Gasteiger partial charge on any atom is 0.409 e. The van der Waals surface area contributed by atoms with Gasteiger partial charge in [-0.1, -0.05) is 50.6 Å². The summed E-state index contributed by atoms with van der Waals surface area (Å²) in [5.74, 6) is -2.95. The van der Waals surface area contributed by atoms with E-state index < -0.39 is 75.1 Å². The van der Waals surface area contributed by atoms with Crippen molar-refractivity contribution < 1.29 is 46.0 Å². The molecule has 2 N–H and O–H groups in total. The fourth-order valence-corrected chi connectivity index (χ4v) is 10.6. The highest BCUT2D eigenvalue weighted by molar-refractivity contribution is 7.85. The number of hydrogen-bond donors (Lipinski definition) is 2. The number of hydrogen-bond acceptors (Lipinski definition) is 14. The first-order valence-corrected chi connectivity index (χ1v) is 24.5. The molecule has 4 aromatic rings. The van der Waals surface area contributed by atoms with Crippen LogP contribution in [0.4, 0.5) is 5.13 Å². The molecule has 7 rings (SSSR count). The van der Waals surface area contributed by atoms with Crippen molar-refractivity contribution in [1.29, 1.82) is 0 Å². The van der Waals surface area contributed by atoms with E-state index in [4.69, 9.17) is 40.0 Å². The van der Waals surface area contributed by atoms with Gasteiger partial charge in [0.1, 0.15) is 29.4 Å². The van der Waals surface area contributed by atoms with Crippen LogP contribution < -0.4 is 23.7 Å². The molecule has 0 unspecified atom stereocenters. The van der Waals surface area contributed by atoms with Gasteiger partial charge in [0.25, 0.3) is 0 Å². The molecule has 18 heteroatoms. The zero-order valence-corrected chi connectivity index (χ0v) is 39.8. The van der Waals surface area contributed by atoms with Crippen molar-refractivity contribution in [2.24, 2.45) is 22.7 Å². The van der Waals surface area contributed by atoms with Gasteiger partial charge in [-0.05, 0) is 81.5 Å². The minimum Gasteiger partial charge on any atom is -0.497 e. The van der Waals surface area contributed by atoms with E-state index >= 15 is 0 Å². The molecule has 0 radical (unpaired) electrons. The fraction of sp³-hybridized carbons (Fsp3) is 0.489. The SMILES string of the molecule is C=C[C@@H]1C[C@]1(CC(=O)[C@@H]1C[C@@H](Oc2cc(-c3csc(NC(C)C)n3)nc3cc(OC)ccc23)CN1C(=O)[C@@H](CC(=O)OC1CCCC1)C(C)(C)C)C(=O)NS(=O)(=O)Oc1ccccc1Cl. The number of carbonyl (C=O) groups excluding carboxylic acids is 4. The van der Waals surface area contributed by atoms with Crippen LogP contribution in [-0.2, 0) is 34.2 Å². The first-order valence-electron chi connectivity index (χ1n) is 21.8. The summed E-state index contributed by atoms with van der Waals surface area (Å²) in [5.41, 5.74) is -0.506. The van der Waals surface area contributed by atoms with E-state index in [1.807, 2.05) is 50.8 Å². The van der Waals surface area contributed by atoms with Crippen LogP contribution in [0.25, 0.3) is 22.3 Å². The average molecular weight is 951 g/mol. The number of anilines is 1. The number of ether oxygens (including phenoxy) is 3. The molecule has 0 bridgehead atoms. The van der Waals surface area contributed by atoms with Gasteiger partial charge in [-0.3, -0.25) is 19.2 Å². The first kappa shape index (κ1) is 47.7. The Morgan fingerprint density at radius 3 is 2.43 bits per heavy atom.